The first-order chi connectivity index (χ1) is 5.40. The Labute approximate surface area is 63.9 Å². The van der Waals surface area contributed by atoms with Crippen LogP contribution in [-0.2, 0) is 4.79 Å². The Bertz CT molecular complexity index is 321. The highest BCUT2D eigenvalue weighted by Gasteiger charge is 2.14. The van der Waals surface area contributed by atoms with Gasteiger partial charge in [0, 0.05) is 30.0 Å². The van der Waals surface area contributed by atoms with E-state index in [1.165, 1.54) is 0 Å². The van der Waals surface area contributed by atoms with E-state index in [1.807, 2.05) is 6.08 Å². The third-order valence-corrected chi connectivity index (χ3v) is 1.66. The van der Waals surface area contributed by atoms with Gasteiger partial charge >= 0.3 is 0 Å². The topological polar surface area (TPSA) is 41.8 Å². The summed E-state index contributed by atoms with van der Waals surface area (Å²) in [5.74, 6) is 0.746. The molecule has 0 atom stereocenters. The zero-order valence-electron chi connectivity index (χ0n) is 5.82. The van der Waals surface area contributed by atoms with Crippen LogP contribution in [-0.4, -0.2) is 18.3 Å². The molecule has 2 aliphatic rings. The van der Waals surface area contributed by atoms with Gasteiger partial charge in [0.2, 0.25) is 0 Å². The number of carbonyl (C=O) groups is 1. The molecule has 0 amide bonds. The smallest absolute Gasteiger partial charge is 0.155 e. The monoisotopic (exact) mass is 146 g/mol. The zero-order chi connectivity index (χ0) is 7.68. The Balaban J connectivity index is 2.37. The number of hydrogen-bond donors (Lipinski definition) is 0. The van der Waals surface area contributed by atoms with Crippen molar-refractivity contribution in [2.45, 2.75) is 6.42 Å². The lowest BCUT2D eigenvalue weighted by Gasteiger charge is -2.05. The van der Waals surface area contributed by atoms with Gasteiger partial charge in [-0.15, -0.1) is 0 Å². The van der Waals surface area contributed by atoms with Gasteiger partial charge in [0.25, 0.3) is 0 Å². The normalized spacial score (nSPS) is 20.2. The van der Waals surface area contributed by atoms with E-state index in [2.05, 4.69) is 9.98 Å². The standard InChI is InChI=1S/C8H6N2O/c11-5-6-3-7-1-2-9-8(7)10-4-6/h1-2,4-5H,3H2. The van der Waals surface area contributed by atoms with Crippen LogP contribution >= 0.6 is 0 Å². The lowest BCUT2D eigenvalue weighted by atomic mass is 10.1. The molecule has 0 bridgehead atoms. The fourth-order valence-corrected chi connectivity index (χ4v) is 1.09. The summed E-state index contributed by atoms with van der Waals surface area (Å²) in [6, 6.07) is 0. The molecule has 0 aliphatic carbocycles. The van der Waals surface area contributed by atoms with Crippen molar-refractivity contribution >= 4 is 18.3 Å². The van der Waals surface area contributed by atoms with E-state index in [1.54, 1.807) is 12.4 Å². The van der Waals surface area contributed by atoms with E-state index in [-0.39, 0.29) is 0 Å². The first-order valence-electron chi connectivity index (χ1n) is 3.36. The minimum atomic E-state index is 0.669. The van der Waals surface area contributed by atoms with Crippen molar-refractivity contribution in [2.24, 2.45) is 9.98 Å². The highest BCUT2D eigenvalue weighted by Crippen LogP contribution is 2.19. The molecule has 0 fully saturated rings. The van der Waals surface area contributed by atoms with Gasteiger partial charge in [-0.3, -0.25) is 4.79 Å². The number of hydrogen-bond acceptors (Lipinski definition) is 3. The summed E-state index contributed by atoms with van der Waals surface area (Å²) < 4.78 is 0. The maximum Gasteiger partial charge on any atom is 0.155 e. The largest absolute Gasteiger partial charge is 0.298 e. The van der Waals surface area contributed by atoms with Crippen LogP contribution in [0.1, 0.15) is 6.42 Å². The number of allylic oxidation sites excluding steroid dienone is 2. The molecule has 0 aromatic heterocycles. The van der Waals surface area contributed by atoms with Gasteiger partial charge in [0.15, 0.2) is 5.84 Å². The van der Waals surface area contributed by atoms with Gasteiger partial charge in [0.1, 0.15) is 6.29 Å². The van der Waals surface area contributed by atoms with Crippen LogP contribution in [0.3, 0.4) is 0 Å². The van der Waals surface area contributed by atoms with Gasteiger partial charge in [-0.2, -0.15) is 0 Å². The van der Waals surface area contributed by atoms with E-state index in [9.17, 15) is 4.79 Å². The molecule has 0 unspecified atom stereocenters. The van der Waals surface area contributed by atoms with E-state index in [4.69, 9.17) is 0 Å². The van der Waals surface area contributed by atoms with Crippen LogP contribution in [0.25, 0.3) is 0 Å². The molecular weight excluding hydrogens is 140 g/mol. The average Bonchev–Trinajstić information content (AvgIpc) is 2.50. The van der Waals surface area contributed by atoms with E-state index < -0.39 is 0 Å². The summed E-state index contributed by atoms with van der Waals surface area (Å²) in [4.78, 5) is 18.3. The third-order valence-electron chi connectivity index (χ3n) is 1.66. The summed E-state index contributed by atoms with van der Waals surface area (Å²) in [6.45, 7) is 0. The highest BCUT2D eigenvalue weighted by atomic mass is 16.1. The number of aliphatic imine (C=N–C) groups is 2. The molecule has 3 heteroatoms. The SMILES string of the molecule is O=CC1=CN=C2N=CC=C2C1. The van der Waals surface area contributed by atoms with Gasteiger partial charge in [-0.1, -0.05) is 0 Å². The number of rotatable bonds is 1. The molecule has 3 nitrogen and oxygen atoms in total. The van der Waals surface area contributed by atoms with Crippen molar-refractivity contribution in [3.8, 4) is 0 Å². The number of nitrogens with zero attached hydrogens (tertiary/aromatic N) is 2. The van der Waals surface area contributed by atoms with Crippen molar-refractivity contribution in [2.75, 3.05) is 0 Å². The van der Waals surface area contributed by atoms with Gasteiger partial charge in [-0.25, -0.2) is 9.98 Å². The summed E-state index contributed by atoms with van der Waals surface area (Å²) in [7, 11) is 0. The van der Waals surface area contributed by atoms with Crippen LogP contribution in [0, 0.1) is 0 Å². The summed E-state index contributed by atoms with van der Waals surface area (Å²) in [6.07, 6.45) is 6.66. The molecule has 2 aliphatic heterocycles. The van der Waals surface area contributed by atoms with E-state index >= 15 is 0 Å². The number of aldehydes is 1. The molecule has 0 N–H and O–H groups in total. The molecule has 0 spiro atoms. The fourth-order valence-electron chi connectivity index (χ4n) is 1.09. The molecule has 0 aromatic rings. The predicted molar refractivity (Wildman–Crippen MR) is 42.8 cm³/mol. The quantitative estimate of drug-likeness (QED) is 0.506. The van der Waals surface area contributed by atoms with E-state index in [0.29, 0.717) is 12.0 Å². The lowest BCUT2D eigenvalue weighted by molar-refractivity contribution is -0.105. The molecule has 2 rings (SSSR count). The molecule has 11 heavy (non-hydrogen) atoms. The average molecular weight is 146 g/mol. The number of fused-ring (bicyclic) bond motifs is 1. The minimum absolute atomic E-state index is 0.669. The summed E-state index contributed by atoms with van der Waals surface area (Å²) >= 11 is 0. The summed E-state index contributed by atoms with van der Waals surface area (Å²) in [5, 5.41) is 0. The van der Waals surface area contributed by atoms with Crippen LogP contribution in [0.15, 0.2) is 33.4 Å². The number of amidine groups is 1. The highest BCUT2D eigenvalue weighted by molar-refractivity contribution is 6.12. The van der Waals surface area contributed by atoms with Crippen molar-refractivity contribution in [3.63, 3.8) is 0 Å². The Morgan fingerprint density at radius 2 is 2.45 bits per heavy atom. The first-order valence-corrected chi connectivity index (χ1v) is 3.36. The van der Waals surface area contributed by atoms with Crippen molar-refractivity contribution in [1.82, 2.24) is 0 Å². The van der Waals surface area contributed by atoms with Crippen LogP contribution in [0.4, 0.5) is 0 Å². The van der Waals surface area contributed by atoms with E-state index in [0.717, 1.165) is 17.7 Å². The molecule has 0 saturated heterocycles. The molecule has 54 valence electrons. The second-order valence-corrected chi connectivity index (χ2v) is 2.42. The van der Waals surface area contributed by atoms with Crippen LogP contribution < -0.4 is 0 Å². The summed E-state index contributed by atoms with van der Waals surface area (Å²) in [5.41, 5.74) is 1.75. The minimum Gasteiger partial charge on any atom is -0.298 e. The molecule has 0 aromatic carbocycles. The maximum atomic E-state index is 10.3. The van der Waals surface area contributed by atoms with Crippen LogP contribution in [0.2, 0.25) is 0 Å². The first kappa shape index (κ1) is 6.22. The molecule has 2 heterocycles. The maximum absolute atomic E-state index is 10.3. The van der Waals surface area contributed by atoms with Gasteiger partial charge in [0.05, 0.1) is 0 Å². The van der Waals surface area contributed by atoms with Crippen molar-refractivity contribution < 1.29 is 4.79 Å². The molecule has 0 saturated carbocycles. The molecule has 0 radical (unpaired) electrons. The Morgan fingerprint density at radius 3 is 3.27 bits per heavy atom. The Kier molecular flexibility index (Phi) is 1.28. The van der Waals surface area contributed by atoms with Gasteiger partial charge < -0.3 is 0 Å². The molecular formula is C8H6N2O. The zero-order valence-corrected chi connectivity index (χ0v) is 5.82. The lowest BCUT2D eigenvalue weighted by Crippen LogP contribution is -2.02. The Hall–Kier alpha value is -1.51. The Morgan fingerprint density at radius 1 is 1.55 bits per heavy atom. The van der Waals surface area contributed by atoms with Crippen molar-refractivity contribution in [3.05, 3.63) is 23.4 Å². The third kappa shape index (κ3) is 0.941. The van der Waals surface area contributed by atoms with Gasteiger partial charge in [-0.05, 0) is 6.08 Å². The second kappa shape index (κ2) is 2.27. The van der Waals surface area contributed by atoms with Crippen molar-refractivity contribution in [1.29, 1.82) is 0 Å². The fraction of sp³-hybridized carbons (Fsp3) is 0.125. The number of carbonyl (C=O) groups excluding carboxylic acids is 1. The van der Waals surface area contributed by atoms with Crippen LogP contribution in [0.5, 0.6) is 0 Å². The predicted octanol–water partition coefficient (Wildman–Crippen LogP) is 0.882. The second-order valence-electron chi connectivity index (χ2n) is 2.42.